The molecule has 0 aromatic heterocycles. The van der Waals surface area contributed by atoms with Gasteiger partial charge in [0.25, 0.3) is 5.70 Å². The molecular weight excluding hydrogens is 985 g/mol. The Bertz CT molecular complexity index is 2410. The number of ether oxygens (including phenoxy) is 7. The highest BCUT2D eigenvalue weighted by Crippen LogP contribution is 2.57. The third kappa shape index (κ3) is 17.4. The van der Waals surface area contributed by atoms with Gasteiger partial charge in [0.15, 0.2) is 0 Å². The van der Waals surface area contributed by atoms with Gasteiger partial charge in [-0.3, -0.25) is 19.2 Å². The molecule has 0 atom stereocenters. The van der Waals surface area contributed by atoms with E-state index in [4.69, 9.17) is 39.7 Å². The van der Waals surface area contributed by atoms with Crippen LogP contribution in [-0.4, -0.2) is 62.1 Å². The zero-order valence-corrected chi connectivity index (χ0v) is 43.2. The summed E-state index contributed by atoms with van der Waals surface area (Å²) in [5.41, 5.74) is 0.609. The van der Waals surface area contributed by atoms with Crippen molar-refractivity contribution in [2.75, 3.05) is 26.4 Å². The fourth-order valence-corrected chi connectivity index (χ4v) is 11.3. The average molecular weight is 1050 g/mol. The number of carbonyl (C=O) groups is 6. The molecule has 390 valence electrons. The van der Waals surface area contributed by atoms with Gasteiger partial charge in [-0.2, -0.15) is 0 Å². The zero-order chi connectivity index (χ0) is 52.7. The van der Waals surface area contributed by atoms with Gasteiger partial charge in [0.05, 0.1) is 66.0 Å². The maximum atomic E-state index is 13.8. The number of esters is 5. The minimum absolute atomic E-state index is 0.0185. The molecular formula is C57H62N2O13S2. The second kappa shape index (κ2) is 29.8. The average Bonchev–Trinajstić information content (AvgIpc) is 3.88. The summed E-state index contributed by atoms with van der Waals surface area (Å²) in [7, 11) is 0. The van der Waals surface area contributed by atoms with Crippen molar-refractivity contribution in [2.24, 2.45) is 23.7 Å². The molecule has 0 saturated heterocycles. The number of fused-ring (bicyclic) bond motifs is 1. The van der Waals surface area contributed by atoms with Crippen LogP contribution in [0.15, 0.2) is 106 Å². The topological polar surface area (TPSA) is 195 Å². The molecule has 3 aromatic carbocycles. The molecule has 6 rings (SSSR count). The normalized spacial score (nSPS) is 18.5. The second-order valence-electron chi connectivity index (χ2n) is 18.2. The van der Waals surface area contributed by atoms with E-state index >= 15 is 0 Å². The molecule has 0 amide bonds. The lowest BCUT2D eigenvalue weighted by Gasteiger charge is -2.27. The van der Waals surface area contributed by atoms with Gasteiger partial charge < -0.3 is 33.2 Å². The van der Waals surface area contributed by atoms with Crippen molar-refractivity contribution in [3.05, 3.63) is 113 Å². The van der Waals surface area contributed by atoms with Gasteiger partial charge in [0, 0.05) is 29.4 Å². The van der Waals surface area contributed by atoms with E-state index in [1.54, 1.807) is 60.7 Å². The lowest BCUT2D eigenvalue weighted by Crippen LogP contribution is -2.30. The van der Waals surface area contributed by atoms with E-state index in [9.17, 15) is 34.0 Å². The number of thioether (sulfide) groups is 2. The van der Waals surface area contributed by atoms with Crippen LogP contribution in [0.1, 0.15) is 108 Å². The lowest BCUT2D eigenvalue weighted by molar-refractivity contribution is -0.145. The maximum absolute atomic E-state index is 13.8. The number of benzene rings is 3. The molecule has 0 spiro atoms. The van der Waals surface area contributed by atoms with Crippen LogP contribution >= 0.6 is 23.5 Å². The summed E-state index contributed by atoms with van der Waals surface area (Å²) >= 11 is 2.40. The highest BCUT2D eigenvalue weighted by atomic mass is 32.2. The molecule has 3 aliphatic rings. The number of ketones is 1. The molecule has 2 aliphatic carbocycles. The quantitative estimate of drug-likeness (QED) is 0.0174. The molecule has 1 heterocycles. The molecule has 0 unspecified atom stereocenters. The first-order valence-electron chi connectivity index (χ1n) is 25.2. The standard InChI is InChI=1S/C57H62N2O13S2/c1-4-50(61)68-34-12-8-6-10-32-66-43-23-27-45(28-24-43)70-54(63)39-16-14-38(15-17-39)48(60)36-42-22-31-49(53-52(42)73-57(74-53)47(37-58)59-3)72-56(65)41-20-18-40(19-21-41)55(64)71-46-29-25-44(26-30-46)67-33-11-7-9-13-35-69-51(62)5-2/h4-5,22-31,38-41H,1-2,6-21,32-36H2/b57-47-. The molecule has 74 heavy (non-hydrogen) atoms. The lowest BCUT2D eigenvalue weighted by atomic mass is 9.79. The number of Topliss-reactive ketones (excluding diaryl/α,β-unsaturated/α-hetero) is 1. The minimum Gasteiger partial charge on any atom is -0.494 e. The Labute approximate surface area is 441 Å². The van der Waals surface area contributed by atoms with Crippen molar-refractivity contribution in [3.63, 3.8) is 0 Å². The monoisotopic (exact) mass is 1050 g/mol. The Kier molecular flexibility index (Phi) is 22.7. The van der Waals surface area contributed by atoms with Crippen molar-refractivity contribution in [3.8, 4) is 34.8 Å². The summed E-state index contributed by atoms with van der Waals surface area (Å²) in [6.07, 6.45) is 13.1. The van der Waals surface area contributed by atoms with Gasteiger partial charge >= 0.3 is 29.8 Å². The Balaban J connectivity index is 0.925. The van der Waals surface area contributed by atoms with Crippen molar-refractivity contribution < 1.29 is 61.9 Å². The summed E-state index contributed by atoms with van der Waals surface area (Å²) in [6, 6.07) is 19.2. The first-order valence-corrected chi connectivity index (χ1v) is 26.9. The van der Waals surface area contributed by atoms with Gasteiger partial charge in [-0.15, -0.1) is 0 Å². The minimum atomic E-state index is -0.455. The highest BCUT2D eigenvalue weighted by Gasteiger charge is 2.36. The van der Waals surface area contributed by atoms with Gasteiger partial charge in [0.2, 0.25) is 0 Å². The number of carbonyl (C=O) groups excluding carboxylic acids is 6. The number of nitriles is 1. The van der Waals surface area contributed by atoms with Crippen LogP contribution in [0.3, 0.4) is 0 Å². The largest absolute Gasteiger partial charge is 0.494 e. The van der Waals surface area contributed by atoms with E-state index in [1.165, 1.54) is 23.5 Å². The Hall–Kier alpha value is -6.82. The number of nitrogens with zero attached hydrogens (tertiary/aromatic N) is 2. The first-order chi connectivity index (χ1) is 36.0. The van der Waals surface area contributed by atoms with E-state index in [0.717, 1.165) is 63.5 Å². The third-order valence-corrected chi connectivity index (χ3v) is 15.6. The molecule has 2 saturated carbocycles. The highest BCUT2D eigenvalue weighted by molar-refractivity contribution is 8.24. The van der Waals surface area contributed by atoms with E-state index in [0.29, 0.717) is 120 Å². The molecule has 0 radical (unpaired) electrons. The number of rotatable bonds is 27. The second-order valence-corrected chi connectivity index (χ2v) is 20.5. The van der Waals surface area contributed by atoms with Gasteiger partial charge in [-0.05, 0) is 163 Å². The molecule has 3 aromatic rings. The Morgan fingerprint density at radius 1 is 0.554 bits per heavy atom. The van der Waals surface area contributed by atoms with Crippen LogP contribution in [0.2, 0.25) is 0 Å². The fourth-order valence-electron chi connectivity index (χ4n) is 8.74. The summed E-state index contributed by atoms with van der Waals surface area (Å²) in [4.78, 5) is 80.6. The van der Waals surface area contributed by atoms with Crippen LogP contribution in [0.5, 0.6) is 28.7 Å². The van der Waals surface area contributed by atoms with E-state index in [-0.39, 0.29) is 53.3 Å². The predicted molar refractivity (Wildman–Crippen MR) is 277 cm³/mol. The first kappa shape index (κ1) is 56.5. The van der Waals surface area contributed by atoms with Crippen molar-refractivity contribution in [2.45, 2.75) is 119 Å². The maximum Gasteiger partial charge on any atom is 0.330 e. The van der Waals surface area contributed by atoms with Gasteiger partial charge in [0.1, 0.15) is 34.5 Å². The summed E-state index contributed by atoms with van der Waals surface area (Å²) in [6.45, 7) is 16.1. The van der Waals surface area contributed by atoms with Crippen LogP contribution in [-0.2, 0) is 44.7 Å². The number of hydrogen-bond donors (Lipinski definition) is 0. The zero-order valence-electron chi connectivity index (χ0n) is 41.5. The molecule has 15 nitrogen and oxygen atoms in total. The van der Waals surface area contributed by atoms with E-state index in [2.05, 4.69) is 18.0 Å². The summed E-state index contributed by atoms with van der Waals surface area (Å²) < 4.78 is 39.4. The number of hydrogen-bond acceptors (Lipinski definition) is 16. The van der Waals surface area contributed by atoms with Crippen molar-refractivity contribution in [1.82, 2.24) is 0 Å². The number of allylic oxidation sites excluding steroid dienone is 1. The van der Waals surface area contributed by atoms with Gasteiger partial charge in [-0.25, -0.2) is 19.7 Å². The van der Waals surface area contributed by atoms with Crippen LogP contribution in [0, 0.1) is 41.6 Å². The predicted octanol–water partition coefficient (Wildman–Crippen LogP) is 11.7. The summed E-state index contributed by atoms with van der Waals surface area (Å²) in [5.74, 6) is -0.984. The van der Waals surface area contributed by atoms with Crippen LogP contribution in [0.25, 0.3) is 4.85 Å². The van der Waals surface area contributed by atoms with Crippen molar-refractivity contribution in [1.29, 1.82) is 5.26 Å². The molecule has 17 heteroatoms. The molecule has 0 bridgehead atoms. The Morgan fingerprint density at radius 3 is 1.39 bits per heavy atom. The fraction of sp³-hybridized carbons (Fsp3) is 0.439. The van der Waals surface area contributed by atoms with Crippen molar-refractivity contribution >= 4 is 59.2 Å². The SMILES string of the molecule is [C-]#[N+]/C(C#N)=C1/Sc2c(CC(=O)C3CCC(C(=O)Oc4ccc(OCCCCCCOC(=O)C=C)cc4)CC3)ccc(OC(=O)C3CCC(C(=O)Oc4ccc(OCCCCCCOC(=O)C=C)cc4)CC3)c2S1. The molecule has 2 fully saturated rings. The molecule has 1 aliphatic heterocycles. The van der Waals surface area contributed by atoms with Gasteiger partial charge in [-0.1, -0.05) is 42.7 Å². The Morgan fingerprint density at radius 2 is 0.959 bits per heavy atom. The van der Waals surface area contributed by atoms with E-state index in [1.807, 2.05) is 6.07 Å². The third-order valence-electron chi connectivity index (χ3n) is 13.0. The summed E-state index contributed by atoms with van der Waals surface area (Å²) in [5, 5.41) is 9.71. The van der Waals surface area contributed by atoms with E-state index < -0.39 is 23.8 Å². The van der Waals surface area contributed by atoms with Crippen LogP contribution in [0.4, 0.5) is 0 Å². The van der Waals surface area contributed by atoms with Crippen LogP contribution < -0.4 is 23.7 Å². The molecule has 0 N–H and O–H groups in total. The smallest absolute Gasteiger partial charge is 0.330 e. The number of unbranched alkanes of at least 4 members (excludes halogenated alkanes) is 6.